The number of rotatable bonds is 9. The number of pyridine rings is 1. The second-order valence-electron chi connectivity index (χ2n) is 7.25. The van der Waals surface area contributed by atoms with E-state index in [1.165, 1.54) is 7.11 Å². The molecule has 2 heterocycles. The topological polar surface area (TPSA) is 100 Å². The zero-order valence-electron chi connectivity index (χ0n) is 17.7. The predicted molar refractivity (Wildman–Crippen MR) is 114 cm³/mol. The van der Waals surface area contributed by atoms with Crippen LogP contribution in [-0.4, -0.2) is 36.0 Å². The lowest BCUT2D eigenvalue weighted by molar-refractivity contribution is -0.140. The molecule has 0 saturated carbocycles. The summed E-state index contributed by atoms with van der Waals surface area (Å²) in [7, 11) is -2.89. The van der Waals surface area contributed by atoms with E-state index >= 15 is 0 Å². The molecule has 8 nitrogen and oxygen atoms in total. The monoisotopic (exact) mass is 443 g/mol. The first-order valence-corrected chi connectivity index (χ1v) is 11.3. The number of aryl methyl sites for hydroxylation is 1. The summed E-state index contributed by atoms with van der Waals surface area (Å²) in [5.74, 6) is 0.0961. The molecule has 3 aromatic rings. The van der Waals surface area contributed by atoms with Crippen LogP contribution in [0.15, 0.2) is 59.9 Å². The lowest BCUT2D eigenvalue weighted by Gasteiger charge is -2.14. The van der Waals surface area contributed by atoms with Crippen molar-refractivity contribution in [2.75, 3.05) is 7.11 Å². The van der Waals surface area contributed by atoms with Crippen molar-refractivity contribution < 1.29 is 22.1 Å². The highest BCUT2D eigenvalue weighted by molar-refractivity contribution is 7.87. The molecule has 0 N–H and O–H groups in total. The second-order valence-corrected chi connectivity index (χ2v) is 8.71. The maximum Gasteiger partial charge on any atom is 0.357 e. The number of nitrogens with zero attached hydrogens (tertiary/aromatic N) is 3. The van der Waals surface area contributed by atoms with Crippen molar-refractivity contribution in [3.8, 4) is 5.75 Å². The number of para-hydroxylation sites is 1. The molecule has 2 aromatic heterocycles. The zero-order chi connectivity index (χ0) is 22.4. The minimum absolute atomic E-state index is 0.0185. The Morgan fingerprint density at radius 1 is 1.13 bits per heavy atom. The predicted octanol–water partition coefficient (Wildman–Crippen LogP) is 3.32. The Hall–Kier alpha value is -3.20. The minimum Gasteiger partial charge on any atom is -0.469 e. The molecule has 0 spiro atoms. The first kappa shape index (κ1) is 22.5. The van der Waals surface area contributed by atoms with Crippen LogP contribution in [0.4, 0.5) is 0 Å². The Labute approximate surface area is 182 Å². The average Bonchev–Trinajstić information content (AvgIpc) is 3.12. The van der Waals surface area contributed by atoms with Crippen molar-refractivity contribution in [3.05, 3.63) is 71.9 Å². The number of methoxy groups -OCH3 is 1. The van der Waals surface area contributed by atoms with Gasteiger partial charge in [0.15, 0.2) is 5.03 Å². The standard InChI is InChI=1S/C22H25N3O5S/c1-16(2)21-22(31(27,28)30-18-9-5-4-6-10-18)25(15-17-8-7-13-23-14-17)19(24-21)11-12-20(26)29-3/h4-10,13-14,16H,11-12,15H2,1-3H3. The Balaban J connectivity index is 2.11. The van der Waals surface area contributed by atoms with Crippen LogP contribution >= 0.6 is 0 Å². The molecular formula is C22H25N3O5S. The minimum atomic E-state index is -4.20. The summed E-state index contributed by atoms with van der Waals surface area (Å²) >= 11 is 0. The van der Waals surface area contributed by atoms with Gasteiger partial charge in [-0.15, -0.1) is 0 Å². The van der Waals surface area contributed by atoms with Gasteiger partial charge in [-0.1, -0.05) is 38.1 Å². The van der Waals surface area contributed by atoms with Gasteiger partial charge in [0, 0.05) is 18.8 Å². The summed E-state index contributed by atoms with van der Waals surface area (Å²) in [4.78, 5) is 20.4. The molecule has 31 heavy (non-hydrogen) atoms. The van der Waals surface area contributed by atoms with E-state index in [4.69, 9.17) is 8.92 Å². The number of imidazole rings is 1. The van der Waals surface area contributed by atoms with E-state index in [-0.39, 0.29) is 36.1 Å². The summed E-state index contributed by atoms with van der Waals surface area (Å²) in [5, 5.41) is -0.0185. The lowest BCUT2D eigenvalue weighted by Crippen LogP contribution is -2.19. The highest BCUT2D eigenvalue weighted by atomic mass is 32.2. The Morgan fingerprint density at radius 3 is 2.48 bits per heavy atom. The maximum atomic E-state index is 13.4. The molecule has 0 unspecified atom stereocenters. The summed E-state index contributed by atoms with van der Waals surface area (Å²) in [6.07, 6.45) is 3.61. The van der Waals surface area contributed by atoms with Gasteiger partial charge < -0.3 is 13.5 Å². The smallest absolute Gasteiger partial charge is 0.357 e. The van der Waals surface area contributed by atoms with Crippen molar-refractivity contribution in [2.45, 2.75) is 44.2 Å². The van der Waals surface area contributed by atoms with E-state index in [2.05, 4.69) is 9.97 Å². The van der Waals surface area contributed by atoms with Gasteiger partial charge in [0.25, 0.3) is 0 Å². The van der Waals surface area contributed by atoms with E-state index in [1.54, 1.807) is 53.4 Å². The van der Waals surface area contributed by atoms with Gasteiger partial charge in [0.1, 0.15) is 11.6 Å². The van der Waals surface area contributed by atoms with Crippen LogP contribution in [0.3, 0.4) is 0 Å². The number of ether oxygens (including phenoxy) is 1. The second kappa shape index (κ2) is 9.74. The van der Waals surface area contributed by atoms with E-state index in [0.717, 1.165) is 5.56 Å². The van der Waals surface area contributed by atoms with Gasteiger partial charge in [-0.05, 0) is 29.7 Å². The quantitative estimate of drug-likeness (QED) is 0.369. The molecule has 1 aromatic carbocycles. The van der Waals surface area contributed by atoms with E-state index < -0.39 is 16.1 Å². The van der Waals surface area contributed by atoms with E-state index in [9.17, 15) is 13.2 Å². The molecule has 0 fully saturated rings. The lowest BCUT2D eigenvalue weighted by atomic mass is 10.1. The third-order valence-corrected chi connectivity index (χ3v) is 5.92. The number of carbonyl (C=O) groups excluding carboxylic acids is 1. The Morgan fingerprint density at radius 2 is 1.87 bits per heavy atom. The molecule has 0 aliphatic heterocycles. The number of hydrogen-bond acceptors (Lipinski definition) is 7. The number of benzene rings is 1. The molecule has 0 radical (unpaired) electrons. The zero-order valence-corrected chi connectivity index (χ0v) is 18.5. The van der Waals surface area contributed by atoms with Crippen LogP contribution in [0, 0.1) is 0 Å². The van der Waals surface area contributed by atoms with Crippen molar-refractivity contribution in [1.82, 2.24) is 14.5 Å². The molecule has 0 amide bonds. The van der Waals surface area contributed by atoms with Crippen LogP contribution < -0.4 is 4.18 Å². The summed E-state index contributed by atoms with van der Waals surface area (Å²) < 4.78 is 38.5. The van der Waals surface area contributed by atoms with Crippen molar-refractivity contribution >= 4 is 16.1 Å². The Kier molecular flexibility index (Phi) is 7.06. The van der Waals surface area contributed by atoms with Gasteiger partial charge in [-0.25, -0.2) is 4.98 Å². The molecule has 0 bridgehead atoms. The molecule has 0 atom stereocenters. The molecule has 164 valence electrons. The molecule has 3 rings (SSSR count). The highest BCUT2D eigenvalue weighted by Gasteiger charge is 2.31. The number of carbonyl (C=O) groups is 1. The van der Waals surface area contributed by atoms with Crippen LogP contribution in [-0.2, 0) is 32.6 Å². The number of esters is 1. The summed E-state index contributed by atoms with van der Waals surface area (Å²) in [6.45, 7) is 3.95. The van der Waals surface area contributed by atoms with Gasteiger partial charge in [0.05, 0.1) is 25.8 Å². The van der Waals surface area contributed by atoms with Gasteiger partial charge in [-0.3, -0.25) is 9.78 Å². The van der Waals surface area contributed by atoms with Crippen LogP contribution in [0.25, 0.3) is 0 Å². The third-order valence-electron chi connectivity index (χ3n) is 4.60. The van der Waals surface area contributed by atoms with Crippen molar-refractivity contribution in [3.63, 3.8) is 0 Å². The molecule has 0 aliphatic carbocycles. The third kappa shape index (κ3) is 5.49. The van der Waals surface area contributed by atoms with Crippen molar-refractivity contribution in [2.24, 2.45) is 0 Å². The van der Waals surface area contributed by atoms with Gasteiger partial charge in [-0.2, -0.15) is 8.42 Å². The summed E-state index contributed by atoms with van der Waals surface area (Å²) in [6, 6.07) is 11.9. The SMILES string of the molecule is COC(=O)CCc1nc(C(C)C)c(S(=O)(=O)Oc2ccccc2)n1Cc1cccnc1. The van der Waals surface area contributed by atoms with Crippen LogP contribution in [0.2, 0.25) is 0 Å². The highest BCUT2D eigenvalue weighted by Crippen LogP contribution is 2.29. The molecule has 9 heteroatoms. The van der Waals surface area contributed by atoms with Gasteiger partial charge >= 0.3 is 16.1 Å². The normalized spacial score (nSPS) is 11.5. The Bertz CT molecular complexity index is 1130. The maximum absolute atomic E-state index is 13.4. The molecule has 0 saturated heterocycles. The molecule has 0 aliphatic rings. The van der Waals surface area contributed by atoms with E-state index in [0.29, 0.717) is 11.5 Å². The fourth-order valence-electron chi connectivity index (χ4n) is 3.13. The van der Waals surface area contributed by atoms with Crippen LogP contribution in [0.5, 0.6) is 5.75 Å². The fraction of sp³-hybridized carbons (Fsp3) is 0.318. The van der Waals surface area contributed by atoms with Crippen molar-refractivity contribution in [1.29, 1.82) is 0 Å². The number of hydrogen-bond donors (Lipinski definition) is 0. The summed E-state index contributed by atoms with van der Waals surface area (Å²) in [5.41, 5.74) is 1.19. The van der Waals surface area contributed by atoms with Crippen LogP contribution in [0.1, 0.15) is 43.3 Å². The fourth-order valence-corrected chi connectivity index (χ4v) is 4.55. The van der Waals surface area contributed by atoms with Gasteiger partial charge in [0.2, 0.25) is 0 Å². The van der Waals surface area contributed by atoms with E-state index in [1.807, 2.05) is 19.9 Å². The molecular weight excluding hydrogens is 418 g/mol. The largest absolute Gasteiger partial charge is 0.469 e. The average molecular weight is 444 g/mol. The first-order chi connectivity index (χ1) is 14.8. The first-order valence-electron chi connectivity index (χ1n) is 9.86. The number of aromatic nitrogens is 3.